The van der Waals surface area contributed by atoms with Gasteiger partial charge in [-0.15, -0.1) is 0 Å². The fraction of sp³-hybridized carbons (Fsp3) is 0.176. The van der Waals surface area contributed by atoms with Crippen LogP contribution in [0.4, 0.5) is 4.79 Å². The van der Waals surface area contributed by atoms with Crippen LogP contribution in [-0.2, 0) is 9.53 Å². The van der Waals surface area contributed by atoms with Gasteiger partial charge >= 0.3 is 11.8 Å². The lowest BCUT2D eigenvalue weighted by molar-refractivity contribution is -0.559. The number of hydrogen-bond acceptors (Lipinski definition) is 5. The average Bonchev–Trinajstić information content (AvgIpc) is 2.61. The maximum absolute atomic E-state index is 11.5. The molecule has 25 heavy (non-hydrogen) atoms. The second kappa shape index (κ2) is 7.43. The first kappa shape index (κ1) is 17.9. The summed E-state index contributed by atoms with van der Waals surface area (Å²) < 4.78 is 4.93. The summed E-state index contributed by atoms with van der Waals surface area (Å²) in [6.07, 6.45) is 2.48. The molecule has 0 heterocycles. The molecule has 2 unspecified atom stereocenters. The van der Waals surface area contributed by atoms with E-state index in [9.17, 15) is 19.7 Å². The van der Waals surface area contributed by atoms with Crippen LogP contribution in [0.3, 0.4) is 0 Å². The molecule has 1 aromatic rings. The molecule has 0 saturated heterocycles. The molecule has 8 nitrogen and oxygen atoms in total. The van der Waals surface area contributed by atoms with E-state index in [2.05, 4.69) is 11.9 Å². The van der Waals surface area contributed by atoms with Crippen molar-refractivity contribution in [2.45, 2.75) is 18.2 Å². The van der Waals surface area contributed by atoms with Crippen LogP contribution in [-0.4, -0.2) is 27.8 Å². The molecule has 0 fully saturated rings. The SMILES string of the molecule is C=CC(=O)NC1([N+](=O)[O-])C=CC(C(OC(=O)O)c2ccccc2)=CC1. The topological polar surface area (TPSA) is 119 Å². The highest BCUT2D eigenvalue weighted by Crippen LogP contribution is 2.32. The van der Waals surface area contributed by atoms with Gasteiger partial charge in [-0.1, -0.05) is 49.1 Å². The summed E-state index contributed by atoms with van der Waals surface area (Å²) in [5.74, 6) is -0.681. The fourth-order valence-corrected chi connectivity index (χ4v) is 2.43. The van der Waals surface area contributed by atoms with Crippen molar-refractivity contribution in [1.82, 2.24) is 5.32 Å². The van der Waals surface area contributed by atoms with Gasteiger partial charge < -0.3 is 9.84 Å². The zero-order valence-corrected chi connectivity index (χ0v) is 13.1. The van der Waals surface area contributed by atoms with Crippen molar-refractivity contribution in [1.29, 1.82) is 0 Å². The normalized spacial score (nSPS) is 20.1. The molecule has 0 aliphatic heterocycles. The number of carbonyl (C=O) groups excluding carboxylic acids is 1. The zero-order valence-electron chi connectivity index (χ0n) is 13.1. The quantitative estimate of drug-likeness (QED) is 0.269. The predicted octanol–water partition coefficient (Wildman–Crippen LogP) is 2.58. The number of rotatable bonds is 6. The van der Waals surface area contributed by atoms with E-state index in [4.69, 9.17) is 9.84 Å². The minimum absolute atomic E-state index is 0.155. The van der Waals surface area contributed by atoms with Crippen LogP contribution in [0.2, 0.25) is 0 Å². The van der Waals surface area contributed by atoms with Crippen LogP contribution in [0.5, 0.6) is 0 Å². The number of ether oxygens (including phenoxy) is 1. The standard InChI is InChI=1S/C17H16N2O6/c1-2-14(20)18-17(19(23)24)10-8-13(9-11-17)15(25-16(21)22)12-6-4-3-5-7-12/h2-10,15H,1,11H2,(H,18,20)(H,21,22). The van der Waals surface area contributed by atoms with Gasteiger partial charge in [0.1, 0.15) is 0 Å². The molecule has 0 aromatic heterocycles. The van der Waals surface area contributed by atoms with Gasteiger partial charge in [0.2, 0.25) is 5.91 Å². The Morgan fingerprint density at radius 3 is 2.56 bits per heavy atom. The average molecular weight is 344 g/mol. The third kappa shape index (κ3) is 4.11. The largest absolute Gasteiger partial charge is 0.506 e. The summed E-state index contributed by atoms with van der Waals surface area (Å²) in [5, 5.41) is 22.6. The number of carbonyl (C=O) groups is 2. The van der Waals surface area contributed by atoms with Gasteiger partial charge in [-0.3, -0.25) is 20.2 Å². The zero-order chi connectivity index (χ0) is 18.4. The lowest BCUT2D eigenvalue weighted by Gasteiger charge is -2.26. The maximum Gasteiger partial charge on any atom is 0.506 e. The summed E-state index contributed by atoms with van der Waals surface area (Å²) >= 11 is 0. The van der Waals surface area contributed by atoms with E-state index in [-0.39, 0.29) is 6.42 Å². The summed E-state index contributed by atoms with van der Waals surface area (Å²) in [5.41, 5.74) is -0.775. The molecule has 130 valence electrons. The Morgan fingerprint density at radius 2 is 2.08 bits per heavy atom. The van der Waals surface area contributed by atoms with Gasteiger partial charge in [-0.05, 0) is 17.2 Å². The van der Waals surface area contributed by atoms with Crippen molar-refractivity contribution < 1.29 is 24.4 Å². The molecule has 0 bridgehead atoms. The molecule has 1 aliphatic carbocycles. The molecular formula is C17H16N2O6. The first-order chi connectivity index (χ1) is 11.9. The van der Waals surface area contributed by atoms with Crippen molar-refractivity contribution in [3.05, 3.63) is 82.5 Å². The molecule has 2 rings (SSSR count). The van der Waals surface area contributed by atoms with Gasteiger partial charge in [0.15, 0.2) is 6.10 Å². The Kier molecular flexibility index (Phi) is 5.33. The maximum atomic E-state index is 11.5. The van der Waals surface area contributed by atoms with Crippen LogP contribution >= 0.6 is 0 Å². The van der Waals surface area contributed by atoms with Crippen LogP contribution in [0.25, 0.3) is 0 Å². The molecule has 2 atom stereocenters. The van der Waals surface area contributed by atoms with Crippen LogP contribution in [0, 0.1) is 10.1 Å². The second-order valence-corrected chi connectivity index (χ2v) is 5.29. The van der Waals surface area contributed by atoms with Gasteiger partial charge in [-0.2, -0.15) is 0 Å². The van der Waals surface area contributed by atoms with Crippen molar-refractivity contribution in [3.8, 4) is 0 Å². The molecule has 2 N–H and O–H groups in total. The molecular weight excluding hydrogens is 328 g/mol. The highest BCUT2D eigenvalue weighted by molar-refractivity contribution is 5.87. The van der Waals surface area contributed by atoms with Crippen LogP contribution in [0.15, 0.2) is 66.8 Å². The molecule has 8 heteroatoms. The molecule has 0 spiro atoms. The number of benzene rings is 1. The summed E-state index contributed by atoms with van der Waals surface area (Å²) in [6.45, 7) is 3.27. The van der Waals surface area contributed by atoms with Gasteiger partial charge in [0.05, 0.1) is 11.3 Å². The number of hydrogen-bond donors (Lipinski definition) is 2. The third-order valence-corrected chi connectivity index (χ3v) is 3.68. The fourth-order valence-electron chi connectivity index (χ4n) is 2.43. The van der Waals surface area contributed by atoms with Crippen molar-refractivity contribution in [3.63, 3.8) is 0 Å². The van der Waals surface area contributed by atoms with E-state index >= 15 is 0 Å². The van der Waals surface area contributed by atoms with E-state index in [0.29, 0.717) is 11.1 Å². The first-order valence-electron chi connectivity index (χ1n) is 7.31. The Labute approximate surface area is 143 Å². The van der Waals surface area contributed by atoms with Crippen LogP contribution < -0.4 is 5.32 Å². The smallest absolute Gasteiger partial charge is 0.450 e. The predicted molar refractivity (Wildman–Crippen MR) is 88.2 cm³/mol. The number of nitrogens with zero attached hydrogens (tertiary/aromatic N) is 1. The Hall–Kier alpha value is -3.42. The van der Waals surface area contributed by atoms with E-state index in [1.54, 1.807) is 30.3 Å². The van der Waals surface area contributed by atoms with E-state index < -0.39 is 28.8 Å². The summed E-state index contributed by atoms with van der Waals surface area (Å²) in [6, 6.07) is 8.61. The Bertz CT molecular complexity index is 756. The number of amides is 1. The van der Waals surface area contributed by atoms with Crippen molar-refractivity contribution >= 4 is 12.1 Å². The molecule has 0 saturated carbocycles. The number of nitrogens with one attached hydrogen (secondary N) is 1. The first-order valence-corrected chi connectivity index (χ1v) is 7.31. The summed E-state index contributed by atoms with van der Waals surface area (Å²) in [7, 11) is 0. The molecule has 1 aliphatic rings. The summed E-state index contributed by atoms with van der Waals surface area (Å²) in [4.78, 5) is 33.3. The lowest BCUT2D eigenvalue weighted by atomic mass is 9.91. The molecule has 1 aromatic carbocycles. The number of carboxylic acid groups (broad SMARTS) is 1. The Morgan fingerprint density at radius 1 is 1.40 bits per heavy atom. The third-order valence-electron chi connectivity index (χ3n) is 3.68. The van der Waals surface area contributed by atoms with Gasteiger partial charge in [-0.25, -0.2) is 4.79 Å². The van der Waals surface area contributed by atoms with Gasteiger partial charge in [0.25, 0.3) is 0 Å². The van der Waals surface area contributed by atoms with Gasteiger partial charge in [0, 0.05) is 6.08 Å². The second-order valence-electron chi connectivity index (χ2n) is 5.29. The minimum atomic E-state index is -1.81. The monoisotopic (exact) mass is 344 g/mol. The number of nitro groups is 1. The minimum Gasteiger partial charge on any atom is -0.450 e. The molecule has 1 amide bonds. The van der Waals surface area contributed by atoms with Crippen LogP contribution in [0.1, 0.15) is 18.1 Å². The van der Waals surface area contributed by atoms with E-state index in [1.165, 1.54) is 18.2 Å². The van der Waals surface area contributed by atoms with Crippen molar-refractivity contribution in [2.24, 2.45) is 0 Å². The Balaban J connectivity index is 2.31. The highest BCUT2D eigenvalue weighted by atomic mass is 16.7. The van der Waals surface area contributed by atoms with E-state index in [0.717, 1.165) is 6.08 Å². The van der Waals surface area contributed by atoms with Crippen molar-refractivity contribution in [2.75, 3.05) is 0 Å². The highest BCUT2D eigenvalue weighted by Gasteiger charge is 2.42. The lowest BCUT2D eigenvalue weighted by Crippen LogP contribution is -2.53. The van der Waals surface area contributed by atoms with E-state index in [1.807, 2.05) is 0 Å². The molecule has 0 radical (unpaired) electrons.